The second-order valence-corrected chi connectivity index (χ2v) is 5.27. The van der Waals surface area contributed by atoms with Crippen molar-refractivity contribution in [2.45, 2.75) is 19.9 Å². The van der Waals surface area contributed by atoms with Gasteiger partial charge in [0, 0.05) is 11.7 Å². The summed E-state index contributed by atoms with van der Waals surface area (Å²) in [6.07, 6.45) is 0. The van der Waals surface area contributed by atoms with Crippen LogP contribution in [0.5, 0.6) is 5.75 Å². The number of para-hydroxylation sites is 2. The Morgan fingerprint density at radius 2 is 1.77 bits per heavy atom. The predicted octanol–water partition coefficient (Wildman–Crippen LogP) is 2.99. The van der Waals surface area contributed by atoms with Crippen molar-refractivity contribution >= 4 is 11.6 Å². The summed E-state index contributed by atoms with van der Waals surface area (Å²) in [5, 5.41) is 6.05. The van der Waals surface area contributed by atoms with Crippen LogP contribution in [-0.4, -0.2) is 25.1 Å². The van der Waals surface area contributed by atoms with E-state index in [1.165, 1.54) is 0 Å². The first-order chi connectivity index (χ1) is 10.6. The maximum absolute atomic E-state index is 11.9. The van der Waals surface area contributed by atoms with Crippen LogP contribution in [0.25, 0.3) is 0 Å². The van der Waals surface area contributed by atoms with E-state index in [2.05, 4.69) is 10.6 Å². The van der Waals surface area contributed by atoms with Crippen molar-refractivity contribution in [2.24, 2.45) is 0 Å². The Balaban J connectivity index is 1.71. The molecule has 0 saturated heterocycles. The Hall–Kier alpha value is -2.33. The summed E-state index contributed by atoms with van der Waals surface area (Å²) in [5.74, 6) is 0.779. The van der Waals surface area contributed by atoms with E-state index in [1.54, 1.807) is 0 Å². The summed E-state index contributed by atoms with van der Waals surface area (Å²) in [6, 6.07) is 17.5. The standard InChI is InChI=1S/C18H22N2O2/c1-14-8-6-7-11-17(14)20-18(21)12-19-15(2)13-22-16-9-4-3-5-10-16/h3-11,15,19H,12-13H2,1-2H3,(H,20,21)/t15-/m0/s1. The summed E-state index contributed by atoms with van der Waals surface area (Å²) < 4.78 is 5.64. The van der Waals surface area contributed by atoms with E-state index in [-0.39, 0.29) is 18.5 Å². The van der Waals surface area contributed by atoms with Crippen LogP contribution in [0.15, 0.2) is 54.6 Å². The van der Waals surface area contributed by atoms with E-state index in [0.29, 0.717) is 6.61 Å². The number of carbonyl (C=O) groups is 1. The van der Waals surface area contributed by atoms with Crippen molar-refractivity contribution < 1.29 is 9.53 Å². The highest BCUT2D eigenvalue weighted by molar-refractivity contribution is 5.92. The Bertz CT molecular complexity index is 599. The third-order valence-electron chi connectivity index (χ3n) is 3.27. The van der Waals surface area contributed by atoms with E-state index in [0.717, 1.165) is 17.0 Å². The maximum Gasteiger partial charge on any atom is 0.238 e. The van der Waals surface area contributed by atoms with Gasteiger partial charge in [0.15, 0.2) is 0 Å². The van der Waals surface area contributed by atoms with E-state index < -0.39 is 0 Å². The molecule has 0 spiro atoms. The lowest BCUT2D eigenvalue weighted by atomic mass is 10.2. The first-order valence-corrected chi connectivity index (χ1v) is 7.42. The lowest BCUT2D eigenvalue weighted by molar-refractivity contribution is -0.115. The van der Waals surface area contributed by atoms with E-state index >= 15 is 0 Å². The Kier molecular flexibility index (Phi) is 5.98. The molecule has 0 radical (unpaired) electrons. The SMILES string of the molecule is Cc1ccccc1NC(=O)CN[C@@H](C)COc1ccccc1. The number of carbonyl (C=O) groups excluding carboxylic acids is 1. The molecule has 0 fully saturated rings. The molecule has 1 amide bonds. The molecule has 0 saturated carbocycles. The minimum Gasteiger partial charge on any atom is -0.492 e. The second kappa shape index (κ2) is 8.20. The largest absolute Gasteiger partial charge is 0.492 e. The Morgan fingerprint density at radius 1 is 1.09 bits per heavy atom. The highest BCUT2D eigenvalue weighted by Gasteiger charge is 2.07. The van der Waals surface area contributed by atoms with Crippen molar-refractivity contribution in [3.8, 4) is 5.75 Å². The quantitative estimate of drug-likeness (QED) is 0.826. The van der Waals surface area contributed by atoms with Crippen molar-refractivity contribution in [2.75, 3.05) is 18.5 Å². The molecule has 4 nitrogen and oxygen atoms in total. The Morgan fingerprint density at radius 3 is 2.50 bits per heavy atom. The third-order valence-corrected chi connectivity index (χ3v) is 3.27. The number of hydrogen-bond acceptors (Lipinski definition) is 3. The monoisotopic (exact) mass is 298 g/mol. The van der Waals surface area contributed by atoms with Gasteiger partial charge in [0.1, 0.15) is 12.4 Å². The first kappa shape index (κ1) is 16.0. The van der Waals surface area contributed by atoms with Gasteiger partial charge < -0.3 is 15.4 Å². The fraction of sp³-hybridized carbons (Fsp3) is 0.278. The minimum atomic E-state index is -0.0548. The molecule has 0 aliphatic carbocycles. The molecule has 4 heteroatoms. The molecule has 116 valence electrons. The fourth-order valence-corrected chi connectivity index (χ4v) is 1.97. The molecule has 22 heavy (non-hydrogen) atoms. The van der Waals surface area contributed by atoms with Gasteiger partial charge in [-0.25, -0.2) is 0 Å². The molecule has 0 aliphatic heterocycles. The zero-order valence-corrected chi connectivity index (χ0v) is 13.0. The van der Waals surface area contributed by atoms with E-state index in [4.69, 9.17) is 4.74 Å². The normalized spacial score (nSPS) is 11.7. The smallest absolute Gasteiger partial charge is 0.238 e. The highest BCUT2D eigenvalue weighted by Crippen LogP contribution is 2.12. The van der Waals surface area contributed by atoms with Crippen LogP contribution in [0.4, 0.5) is 5.69 Å². The van der Waals surface area contributed by atoms with E-state index in [9.17, 15) is 4.79 Å². The van der Waals surface area contributed by atoms with Gasteiger partial charge in [-0.05, 0) is 37.6 Å². The lowest BCUT2D eigenvalue weighted by Crippen LogP contribution is -2.37. The number of benzene rings is 2. The van der Waals surface area contributed by atoms with Crippen molar-refractivity contribution in [3.63, 3.8) is 0 Å². The van der Waals surface area contributed by atoms with Gasteiger partial charge in [-0.3, -0.25) is 4.79 Å². The number of aryl methyl sites for hydroxylation is 1. The molecular weight excluding hydrogens is 276 g/mol. The van der Waals surface area contributed by atoms with Crippen LogP contribution in [0.3, 0.4) is 0 Å². The fourth-order valence-electron chi connectivity index (χ4n) is 1.97. The molecule has 0 heterocycles. The van der Waals surface area contributed by atoms with Crippen molar-refractivity contribution in [1.29, 1.82) is 0 Å². The number of ether oxygens (including phenoxy) is 1. The molecule has 2 aromatic carbocycles. The van der Waals surface area contributed by atoms with Crippen LogP contribution in [0.2, 0.25) is 0 Å². The average molecular weight is 298 g/mol. The average Bonchev–Trinajstić information content (AvgIpc) is 2.54. The number of rotatable bonds is 7. The van der Waals surface area contributed by atoms with Crippen molar-refractivity contribution in [1.82, 2.24) is 5.32 Å². The van der Waals surface area contributed by atoms with Gasteiger partial charge in [-0.15, -0.1) is 0 Å². The van der Waals surface area contributed by atoms with Gasteiger partial charge in [0.05, 0.1) is 6.54 Å². The molecule has 2 N–H and O–H groups in total. The molecular formula is C18H22N2O2. The lowest BCUT2D eigenvalue weighted by Gasteiger charge is -2.15. The summed E-state index contributed by atoms with van der Waals surface area (Å²) in [7, 11) is 0. The first-order valence-electron chi connectivity index (χ1n) is 7.42. The number of amides is 1. The molecule has 2 rings (SSSR count). The van der Waals surface area contributed by atoms with Gasteiger partial charge in [-0.1, -0.05) is 36.4 Å². The molecule has 0 aromatic heterocycles. The highest BCUT2D eigenvalue weighted by atomic mass is 16.5. The topological polar surface area (TPSA) is 50.4 Å². The van der Waals surface area contributed by atoms with Gasteiger partial charge in [-0.2, -0.15) is 0 Å². The van der Waals surface area contributed by atoms with E-state index in [1.807, 2.05) is 68.4 Å². The van der Waals surface area contributed by atoms with Crippen LogP contribution in [0.1, 0.15) is 12.5 Å². The zero-order chi connectivity index (χ0) is 15.8. The predicted molar refractivity (Wildman–Crippen MR) is 89.2 cm³/mol. The second-order valence-electron chi connectivity index (χ2n) is 5.27. The summed E-state index contributed by atoms with van der Waals surface area (Å²) >= 11 is 0. The number of hydrogen-bond donors (Lipinski definition) is 2. The van der Waals surface area contributed by atoms with Crippen molar-refractivity contribution in [3.05, 3.63) is 60.2 Å². The van der Waals surface area contributed by atoms with Gasteiger partial charge in [0.25, 0.3) is 0 Å². The summed E-state index contributed by atoms with van der Waals surface area (Å²) in [6.45, 7) is 4.73. The molecule has 0 unspecified atom stereocenters. The Labute approximate surface area is 131 Å². The molecule has 1 atom stereocenters. The van der Waals surface area contributed by atoms with Crippen LogP contribution in [0, 0.1) is 6.92 Å². The number of nitrogens with one attached hydrogen (secondary N) is 2. The molecule has 0 aliphatic rings. The third kappa shape index (κ3) is 5.22. The number of anilines is 1. The van der Waals surface area contributed by atoms with Gasteiger partial charge >= 0.3 is 0 Å². The van der Waals surface area contributed by atoms with Crippen LogP contribution >= 0.6 is 0 Å². The summed E-state index contributed by atoms with van der Waals surface area (Å²) in [4.78, 5) is 11.9. The van der Waals surface area contributed by atoms with Crippen LogP contribution < -0.4 is 15.4 Å². The maximum atomic E-state index is 11.9. The summed E-state index contributed by atoms with van der Waals surface area (Å²) in [5.41, 5.74) is 1.90. The minimum absolute atomic E-state index is 0.0548. The zero-order valence-electron chi connectivity index (χ0n) is 13.0. The van der Waals surface area contributed by atoms with Gasteiger partial charge in [0.2, 0.25) is 5.91 Å². The van der Waals surface area contributed by atoms with Crippen LogP contribution in [-0.2, 0) is 4.79 Å². The molecule has 0 bridgehead atoms. The molecule has 2 aromatic rings.